The van der Waals surface area contributed by atoms with Gasteiger partial charge in [0.15, 0.2) is 0 Å². The van der Waals surface area contributed by atoms with Gasteiger partial charge < -0.3 is 10.1 Å². The third kappa shape index (κ3) is 2.09. The maximum atomic E-state index is 11.9. The molecule has 0 amide bonds. The third-order valence-corrected chi connectivity index (χ3v) is 3.19. The van der Waals surface area contributed by atoms with Crippen LogP contribution in [0.2, 0.25) is 0 Å². The Kier molecular flexibility index (Phi) is 2.41. The van der Waals surface area contributed by atoms with Crippen LogP contribution in [0.1, 0.15) is 19.3 Å². The minimum absolute atomic E-state index is 0.161. The normalized spacial score (nSPS) is 28.9. The van der Waals surface area contributed by atoms with E-state index in [0.29, 0.717) is 6.42 Å². The summed E-state index contributed by atoms with van der Waals surface area (Å²) in [4.78, 5) is 10.6. The SMILES string of the molecule is O=C(OC1CC12CCNCC2)C(F)(F)F. The van der Waals surface area contributed by atoms with Crippen molar-refractivity contribution in [1.82, 2.24) is 5.32 Å². The van der Waals surface area contributed by atoms with Crippen LogP contribution in [0.25, 0.3) is 0 Å². The van der Waals surface area contributed by atoms with Gasteiger partial charge in [0.05, 0.1) is 0 Å². The van der Waals surface area contributed by atoms with Crippen molar-refractivity contribution in [3.63, 3.8) is 0 Å². The zero-order chi connectivity index (χ0) is 11.1. The Labute approximate surface area is 85.0 Å². The van der Waals surface area contributed by atoms with Crippen molar-refractivity contribution < 1.29 is 22.7 Å². The summed E-state index contributed by atoms with van der Waals surface area (Å²) in [5, 5.41) is 3.12. The highest BCUT2D eigenvalue weighted by molar-refractivity contribution is 5.76. The first-order chi connectivity index (χ1) is 6.94. The lowest BCUT2D eigenvalue weighted by Crippen LogP contribution is -2.33. The van der Waals surface area contributed by atoms with Crippen LogP contribution in [0.15, 0.2) is 0 Å². The molecule has 1 heterocycles. The number of halogens is 3. The molecule has 1 aliphatic carbocycles. The Morgan fingerprint density at radius 3 is 2.47 bits per heavy atom. The van der Waals surface area contributed by atoms with Gasteiger partial charge in [-0.1, -0.05) is 0 Å². The van der Waals surface area contributed by atoms with Crippen LogP contribution in [0, 0.1) is 5.41 Å². The average Bonchev–Trinajstić information content (AvgIpc) is 2.78. The van der Waals surface area contributed by atoms with Crippen molar-refractivity contribution in [2.75, 3.05) is 13.1 Å². The summed E-state index contributed by atoms with van der Waals surface area (Å²) in [6.45, 7) is 1.58. The van der Waals surface area contributed by atoms with E-state index in [1.165, 1.54) is 0 Å². The van der Waals surface area contributed by atoms with Gasteiger partial charge in [-0.25, -0.2) is 4.79 Å². The molecule has 15 heavy (non-hydrogen) atoms. The zero-order valence-corrected chi connectivity index (χ0v) is 8.06. The maximum absolute atomic E-state index is 11.9. The zero-order valence-electron chi connectivity index (χ0n) is 8.06. The van der Waals surface area contributed by atoms with Gasteiger partial charge in [-0.3, -0.25) is 0 Å². The summed E-state index contributed by atoms with van der Waals surface area (Å²) in [5.41, 5.74) is -0.161. The fraction of sp³-hybridized carbons (Fsp3) is 0.889. The van der Waals surface area contributed by atoms with E-state index in [1.54, 1.807) is 0 Å². The second kappa shape index (κ2) is 3.37. The van der Waals surface area contributed by atoms with Gasteiger partial charge in [-0.2, -0.15) is 13.2 Å². The molecule has 2 aliphatic rings. The summed E-state index contributed by atoms with van der Waals surface area (Å²) in [6, 6.07) is 0. The van der Waals surface area contributed by atoms with Crippen LogP contribution in [0.5, 0.6) is 0 Å². The first kappa shape index (κ1) is 10.7. The Bertz CT molecular complexity index is 271. The van der Waals surface area contributed by atoms with Crippen molar-refractivity contribution in [3.8, 4) is 0 Å². The lowest BCUT2D eigenvalue weighted by atomic mass is 9.94. The molecule has 6 heteroatoms. The Hall–Kier alpha value is -0.780. The van der Waals surface area contributed by atoms with E-state index in [-0.39, 0.29) is 5.41 Å². The summed E-state index contributed by atoms with van der Waals surface area (Å²) in [7, 11) is 0. The van der Waals surface area contributed by atoms with Gasteiger partial charge in [0.2, 0.25) is 0 Å². The minimum Gasteiger partial charge on any atom is -0.455 e. The average molecular weight is 223 g/mol. The number of alkyl halides is 3. The molecule has 0 radical (unpaired) electrons. The van der Waals surface area contributed by atoms with Crippen molar-refractivity contribution in [3.05, 3.63) is 0 Å². The van der Waals surface area contributed by atoms with Crippen LogP contribution in [-0.4, -0.2) is 31.3 Å². The number of piperidine rings is 1. The quantitative estimate of drug-likeness (QED) is 0.679. The molecule has 1 aliphatic heterocycles. The van der Waals surface area contributed by atoms with Crippen LogP contribution in [-0.2, 0) is 9.53 Å². The Balaban J connectivity index is 1.86. The van der Waals surface area contributed by atoms with Gasteiger partial charge >= 0.3 is 12.1 Å². The molecule has 1 N–H and O–H groups in total. The Morgan fingerprint density at radius 2 is 1.93 bits per heavy atom. The standard InChI is InChI=1S/C9H12F3NO2/c10-9(11,12)7(14)15-6-5-8(6)1-3-13-4-2-8/h6,13H,1-5H2. The number of hydrogen-bond donors (Lipinski definition) is 1. The highest BCUT2D eigenvalue weighted by Gasteiger charge is 2.58. The predicted molar refractivity (Wildman–Crippen MR) is 45.1 cm³/mol. The van der Waals surface area contributed by atoms with E-state index in [9.17, 15) is 18.0 Å². The molecule has 1 spiro atoms. The van der Waals surface area contributed by atoms with E-state index in [1.807, 2.05) is 0 Å². The monoisotopic (exact) mass is 223 g/mol. The second-order valence-electron chi connectivity index (χ2n) is 4.21. The number of rotatable bonds is 1. The van der Waals surface area contributed by atoms with E-state index in [4.69, 9.17) is 0 Å². The molecule has 2 rings (SSSR count). The largest absolute Gasteiger partial charge is 0.490 e. The molecule has 1 saturated heterocycles. The lowest BCUT2D eigenvalue weighted by molar-refractivity contribution is -0.202. The van der Waals surface area contributed by atoms with Crippen molar-refractivity contribution in [1.29, 1.82) is 0 Å². The minimum atomic E-state index is -4.86. The van der Waals surface area contributed by atoms with Crippen molar-refractivity contribution in [2.45, 2.75) is 31.5 Å². The van der Waals surface area contributed by atoms with Gasteiger partial charge in [-0.05, 0) is 32.4 Å². The highest BCUT2D eigenvalue weighted by Crippen LogP contribution is 2.55. The van der Waals surface area contributed by atoms with Crippen molar-refractivity contribution in [2.24, 2.45) is 5.41 Å². The molecule has 3 nitrogen and oxygen atoms in total. The fourth-order valence-corrected chi connectivity index (χ4v) is 2.12. The van der Waals surface area contributed by atoms with Gasteiger partial charge in [0.1, 0.15) is 6.10 Å². The fourth-order valence-electron chi connectivity index (χ4n) is 2.12. The van der Waals surface area contributed by atoms with Gasteiger partial charge in [0.25, 0.3) is 0 Å². The summed E-state index contributed by atoms with van der Waals surface area (Å²) in [5.74, 6) is -2.05. The van der Waals surface area contributed by atoms with Crippen LogP contribution in [0.3, 0.4) is 0 Å². The molecule has 86 valence electrons. The first-order valence-corrected chi connectivity index (χ1v) is 4.93. The first-order valence-electron chi connectivity index (χ1n) is 4.93. The number of hydrogen-bond acceptors (Lipinski definition) is 3. The lowest BCUT2D eigenvalue weighted by Gasteiger charge is -2.22. The van der Waals surface area contributed by atoms with E-state index in [2.05, 4.69) is 10.1 Å². The van der Waals surface area contributed by atoms with Crippen LogP contribution >= 0.6 is 0 Å². The third-order valence-electron chi connectivity index (χ3n) is 3.19. The second-order valence-corrected chi connectivity index (χ2v) is 4.21. The molecular weight excluding hydrogens is 211 g/mol. The number of nitrogens with one attached hydrogen (secondary N) is 1. The van der Waals surface area contributed by atoms with Gasteiger partial charge in [0, 0.05) is 5.41 Å². The number of ether oxygens (including phenoxy) is 1. The summed E-state index contributed by atoms with van der Waals surface area (Å²) >= 11 is 0. The van der Waals surface area contributed by atoms with Gasteiger partial charge in [-0.15, -0.1) is 0 Å². The number of carbonyl (C=O) groups is 1. The summed E-state index contributed by atoms with van der Waals surface area (Å²) < 4.78 is 40.1. The summed E-state index contributed by atoms with van der Waals surface area (Å²) in [6.07, 6.45) is -3.22. The highest BCUT2D eigenvalue weighted by atomic mass is 19.4. The number of carbonyl (C=O) groups excluding carboxylic acids is 1. The molecule has 0 aromatic heterocycles. The predicted octanol–water partition coefficient (Wildman–Crippen LogP) is 1.23. The molecule has 2 fully saturated rings. The Morgan fingerprint density at radius 1 is 1.33 bits per heavy atom. The molecule has 1 atom stereocenters. The van der Waals surface area contributed by atoms with E-state index >= 15 is 0 Å². The molecule has 1 saturated carbocycles. The van der Waals surface area contributed by atoms with E-state index < -0.39 is 18.2 Å². The van der Waals surface area contributed by atoms with Crippen LogP contribution in [0.4, 0.5) is 13.2 Å². The molecule has 0 aromatic rings. The van der Waals surface area contributed by atoms with Crippen LogP contribution < -0.4 is 5.32 Å². The smallest absolute Gasteiger partial charge is 0.455 e. The molecule has 1 unspecified atom stereocenters. The topological polar surface area (TPSA) is 38.3 Å². The maximum Gasteiger partial charge on any atom is 0.490 e. The molecule has 0 bridgehead atoms. The number of esters is 1. The molecule has 0 aromatic carbocycles. The molecular formula is C9H12F3NO2. The van der Waals surface area contributed by atoms with Crippen molar-refractivity contribution >= 4 is 5.97 Å². The van der Waals surface area contributed by atoms with E-state index in [0.717, 1.165) is 25.9 Å².